The third-order valence-corrected chi connectivity index (χ3v) is 4.65. The largest absolute Gasteiger partial charge is 0.397 e. The average molecular weight is 295 g/mol. The van der Waals surface area contributed by atoms with Gasteiger partial charge < -0.3 is 11.1 Å². The van der Waals surface area contributed by atoms with Crippen LogP contribution in [0.25, 0.3) is 10.1 Å². The summed E-state index contributed by atoms with van der Waals surface area (Å²) in [4.78, 5) is 16.7. The van der Waals surface area contributed by atoms with Crippen molar-refractivity contribution < 1.29 is 4.79 Å². The zero-order chi connectivity index (χ0) is 13.7. The molecule has 0 spiro atoms. The molecular formula is C13H17N3OS2. The van der Waals surface area contributed by atoms with E-state index < -0.39 is 0 Å². The number of hydrogen-bond acceptors (Lipinski definition) is 5. The van der Waals surface area contributed by atoms with Crippen LogP contribution in [0.2, 0.25) is 0 Å². The maximum Gasteiger partial charge on any atom is 0.263 e. The lowest BCUT2D eigenvalue weighted by Crippen LogP contribution is -2.24. The lowest BCUT2D eigenvalue weighted by atomic mass is 10.2. The fraction of sp³-hybridized carbons (Fsp3) is 0.385. The molecule has 1 amide bonds. The number of carbonyl (C=O) groups excluding carboxylic acids is 1. The number of thioether (sulfide) groups is 1. The van der Waals surface area contributed by atoms with Crippen molar-refractivity contribution in [3.63, 3.8) is 0 Å². The number of nitrogens with zero attached hydrogens (tertiary/aromatic N) is 1. The van der Waals surface area contributed by atoms with Gasteiger partial charge in [0.25, 0.3) is 5.91 Å². The van der Waals surface area contributed by atoms with Crippen molar-refractivity contribution in [2.24, 2.45) is 0 Å². The number of nitrogens with two attached hydrogens (primary N) is 1. The summed E-state index contributed by atoms with van der Waals surface area (Å²) in [7, 11) is 0. The van der Waals surface area contributed by atoms with Gasteiger partial charge >= 0.3 is 0 Å². The number of anilines is 1. The molecule has 2 aromatic rings. The number of aromatic nitrogens is 1. The summed E-state index contributed by atoms with van der Waals surface area (Å²) < 4.78 is 0.951. The van der Waals surface area contributed by atoms with Gasteiger partial charge in [0.15, 0.2) is 0 Å². The first kappa shape index (κ1) is 14.1. The Balaban J connectivity index is 1.99. The minimum absolute atomic E-state index is 0.0807. The summed E-state index contributed by atoms with van der Waals surface area (Å²) in [6.07, 6.45) is 7.64. The van der Waals surface area contributed by atoms with Gasteiger partial charge in [-0.15, -0.1) is 11.3 Å². The molecule has 4 nitrogen and oxygen atoms in total. The minimum Gasteiger partial charge on any atom is -0.397 e. The highest BCUT2D eigenvalue weighted by Gasteiger charge is 2.15. The number of nitrogen functional groups attached to an aromatic ring is 1. The third kappa shape index (κ3) is 3.39. The summed E-state index contributed by atoms with van der Waals surface area (Å²) in [6.45, 7) is 0.700. The van der Waals surface area contributed by atoms with Crippen molar-refractivity contribution in [1.29, 1.82) is 0 Å². The van der Waals surface area contributed by atoms with Crippen LogP contribution in [0.3, 0.4) is 0 Å². The first-order chi connectivity index (χ1) is 9.24. The van der Waals surface area contributed by atoms with E-state index in [1.165, 1.54) is 11.3 Å². The lowest BCUT2D eigenvalue weighted by Gasteiger charge is -2.03. The van der Waals surface area contributed by atoms with Gasteiger partial charge in [0.2, 0.25) is 0 Å². The highest BCUT2D eigenvalue weighted by atomic mass is 32.2. The molecule has 2 heterocycles. The van der Waals surface area contributed by atoms with E-state index in [9.17, 15) is 4.79 Å². The second kappa shape index (κ2) is 6.77. The molecular weight excluding hydrogens is 278 g/mol. The van der Waals surface area contributed by atoms with Crippen LogP contribution in [0.1, 0.15) is 22.5 Å². The standard InChI is InChI=1S/C13H17N3OS2/c1-18-7-3-2-5-16-13(17)12-11(14)9-4-6-15-8-10(9)19-12/h4,6,8H,2-3,5,7,14H2,1H3,(H,16,17). The SMILES string of the molecule is CSCCCCNC(=O)c1sc2cnccc2c1N. The van der Waals surface area contributed by atoms with Gasteiger partial charge in [-0.1, -0.05) is 0 Å². The van der Waals surface area contributed by atoms with Gasteiger partial charge in [-0.2, -0.15) is 11.8 Å². The zero-order valence-electron chi connectivity index (χ0n) is 10.8. The Labute approximate surface area is 120 Å². The molecule has 102 valence electrons. The first-order valence-corrected chi connectivity index (χ1v) is 8.34. The Morgan fingerprint density at radius 1 is 1.53 bits per heavy atom. The maximum atomic E-state index is 12.1. The Kier molecular flexibility index (Phi) is 5.04. The van der Waals surface area contributed by atoms with Crippen LogP contribution in [-0.4, -0.2) is 29.4 Å². The first-order valence-electron chi connectivity index (χ1n) is 6.13. The van der Waals surface area contributed by atoms with E-state index in [1.807, 2.05) is 17.8 Å². The molecule has 6 heteroatoms. The summed E-state index contributed by atoms with van der Waals surface area (Å²) in [5.41, 5.74) is 6.57. The highest BCUT2D eigenvalue weighted by molar-refractivity contribution is 7.98. The molecule has 2 aromatic heterocycles. The Morgan fingerprint density at radius 3 is 3.11 bits per heavy atom. The average Bonchev–Trinajstić information content (AvgIpc) is 2.76. The molecule has 0 aliphatic heterocycles. The van der Waals surface area contributed by atoms with Crippen LogP contribution in [0.15, 0.2) is 18.5 Å². The second-order valence-corrected chi connectivity index (χ2v) is 6.21. The molecule has 0 fully saturated rings. The van der Waals surface area contributed by atoms with E-state index in [4.69, 9.17) is 5.73 Å². The fourth-order valence-corrected chi connectivity index (χ4v) is 3.29. The van der Waals surface area contributed by atoms with Crippen LogP contribution in [-0.2, 0) is 0 Å². The fourth-order valence-electron chi connectivity index (χ4n) is 1.79. The summed E-state index contributed by atoms with van der Waals surface area (Å²) in [5, 5.41) is 3.83. The van der Waals surface area contributed by atoms with Crippen molar-refractivity contribution in [2.45, 2.75) is 12.8 Å². The van der Waals surface area contributed by atoms with Gasteiger partial charge in [0.1, 0.15) is 4.88 Å². The van der Waals surface area contributed by atoms with Crippen molar-refractivity contribution >= 4 is 44.8 Å². The van der Waals surface area contributed by atoms with Gasteiger partial charge in [0.05, 0.1) is 10.4 Å². The van der Waals surface area contributed by atoms with Gasteiger partial charge in [-0.05, 0) is 30.9 Å². The molecule has 0 saturated heterocycles. The predicted octanol–water partition coefficient (Wildman–Crippen LogP) is 2.75. The number of thiophene rings is 1. The molecule has 0 atom stereocenters. The van der Waals surface area contributed by atoms with Gasteiger partial charge in [0, 0.05) is 24.3 Å². The van der Waals surface area contributed by atoms with E-state index >= 15 is 0 Å². The molecule has 0 radical (unpaired) electrons. The lowest BCUT2D eigenvalue weighted by molar-refractivity contribution is 0.0958. The number of nitrogens with one attached hydrogen (secondary N) is 1. The van der Waals surface area contributed by atoms with Crippen molar-refractivity contribution in [2.75, 3.05) is 24.3 Å². The van der Waals surface area contributed by atoms with E-state index in [-0.39, 0.29) is 5.91 Å². The summed E-state index contributed by atoms with van der Waals surface area (Å²) in [6, 6.07) is 1.84. The van der Waals surface area contributed by atoms with Crippen molar-refractivity contribution in [1.82, 2.24) is 10.3 Å². The summed E-state index contributed by atoms with van der Waals surface area (Å²) in [5.74, 6) is 1.05. The van der Waals surface area contributed by atoms with Crippen LogP contribution in [0.4, 0.5) is 5.69 Å². The molecule has 19 heavy (non-hydrogen) atoms. The van der Waals surface area contributed by atoms with Crippen molar-refractivity contribution in [3.05, 3.63) is 23.3 Å². The third-order valence-electron chi connectivity index (χ3n) is 2.80. The van der Waals surface area contributed by atoms with Crippen LogP contribution in [0, 0.1) is 0 Å². The van der Waals surface area contributed by atoms with Gasteiger partial charge in [-0.3, -0.25) is 9.78 Å². The zero-order valence-corrected chi connectivity index (χ0v) is 12.4. The number of rotatable bonds is 6. The molecule has 0 saturated carbocycles. The molecule has 0 aliphatic rings. The molecule has 0 unspecified atom stereocenters. The topological polar surface area (TPSA) is 68.0 Å². The number of fused-ring (bicyclic) bond motifs is 1. The van der Waals surface area contributed by atoms with Crippen LogP contribution < -0.4 is 11.1 Å². The Morgan fingerprint density at radius 2 is 2.37 bits per heavy atom. The summed E-state index contributed by atoms with van der Waals surface area (Å²) >= 11 is 3.22. The molecule has 0 bridgehead atoms. The van der Waals surface area contributed by atoms with Gasteiger partial charge in [-0.25, -0.2) is 0 Å². The number of amides is 1. The predicted molar refractivity (Wildman–Crippen MR) is 84.0 cm³/mol. The monoisotopic (exact) mass is 295 g/mol. The van der Waals surface area contributed by atoms with E-state index in [1.54, 1.807) is 12.4 Å². The van der Waals surface area contributed by atoms with E-state index in [0.717, 1.165) is 28.7 Å². The maximum absolute atomic E-state index is 12.1. The Bertz CT molecular complexity index is 568. The molecule has 2 rings (SSSR count). The number of carbonyl (C=O) groups is 1. The smallest absolute Gasteiger partial charge is 0.263 e. The Hall–Kier alpha value is -1.27. The van der Waals surface area contributed by atoms with Crippen LogP contribution in [0.5, 0.6) is 0 Å². The highest BCUT2D eigenvalue weighted by Crippen LogP contribution is 2.32. The minimum atomic E-state index is -0.0807. The molecule has 3 N–H and O–H groups in total. The van der Waals surface area contributed by atoms with E-state index in [2.05, 4.69) is 16.6 Å². The second-order valence-electron chi connectivity index (χ2n) is 4.17. The molecule has 0 aromatic carbocycles. The van der Waals surface area contributed by atoms with Crippen molar-refractivity contribution in [3.8, 4) is 0 Å². The van der Waals surface area contributed by atoms with E-state index in [0.29, 0.717) is 17.1 Å². The number of pyridine rings is 1. The number of unbranched alkanes of at least 4 members (excludes halogenated alkanes) is 1. The van der Waals surface area contributed by atoms with Crippen LogP contribution >= 0.6 is 23.1 Å². The quantitative estimate of drug-likeness (QED) is 0.804. The molecule has 0 aliphatic carbocycles. The normalized spacial score (nSPS) is 10.8. The number of hydrogen-bond donors (Lipinski definition) is 2.